The third-order valence-corrected chi connectivity index (χ3v) is 3.92. The van der Waals surface area contributed by atoms with Crippen LogP contribution in [0.5, 0.6) is 0 Å². The Kier molecular flexibility index (Phi) is 3.09. The first-order valence-corrected chi connectivity index (χ1v) is 6.80. The minimum absolute atomic E-state index is 0.579. The number of hydrogen-bond acceptors (Lipinski definition) is 2. The summed E-state index contributed by atoms with van der Waals surface area (Å²) in [5.74, 6) is 0. The van der Waals surface area contributed by atoms with Crippen molar-refractivity contribution < 1.29 is 0 Å². The van der Waals surface area contributed by atoms with Gasteiger partial charge in [0.2, 0.25) is 0 Å². The van der Waals surface area contributed by atoms with Gasteiger partial charge >= 0.3 is 0 Å². The summed E-state index contributed by atoms with van der Waals surface area (Å²) in [6.07, 6.45) is 0. The molecule has 0 amide bonds. The molecule has 3 nitrogen and oxygen atoms in total. The number of nitriles is 1. The van der Waals surface area contributed by atoms with E-state index in [4.69, 9.17) is 29.1 Å². The Hall–Kier alpha value is -2.09. The fraction of sp³-hybridized carbons (Fsp3) is 0.0667. The lowest BCUT2D eigenvalue weighted by atomic mass is 10.2. The van der Waals surface area contributed by atoms with E-state index in [1.165, 1.54) is 0 Å². The summed E-state index contributed by atoms with van der Waals surface area (Å²) in [6.45, 7) is 1.95. The summed E-state index contributed by atoms with van der Waals surface area (Å²) >= 11 is 11.6. The van der Waals surface area contributed by atoms with Gasteiger partial charge in [0.25, 0.3) is 0 Å². The molecule has 1 aromatic heterocycles. The SMILES string of the molecule is Cc1ccc(-n2c(=S)[nH]c3ccc(C#N)cc32)cc1Cl. The van der Waals surface area contributed by atoms with Crippen LogP contribution in [0.3, 0.4) is 0 Å². The molecule has 0 fully saturated rings. The molecule has 1 heterocycles. The molecule has 0 aliphatic heterocycles. The molecular weight excluding hydrogens is 290 g/mol. The Morgan fingerprint density at radius 2 is 2.05 bits per heavy atom. The quantitative estimate of drug-likeness (QED) is 0.671. The molecule has 0 atom stereocenters. The number of aromatic nitrogens is 2. The Morgan fingerprint density at radius 1 is 1.25 bits per heavy atom. The number of aryl methyl sites for hydroxylation is 1. The van der Waals surface area contributed by atoms with E-state index in [0.29, 0.717) is 15.4 Å². The van der Waals surface area contributed by atoms with E-state index in [1.807, 2.05) is 41.8 Å². The second-order valence-corrected chi connectivity index (χ2v) is 5.34. The molecule has 98 valence electrons. The maximum absolute atomic E-state index is 9.03. The average Bonchev–Trinajstić information content (AvgIpc) is 2.77. The minimum Gasteiger partial charge on any atom is -0.330 e. The van der Waals surface area contributed by atoms with Crippen molar-refractivity contribution in [2.45, 2.75) is 6.92 Å². The van der Waals surface area contributed by atoms with Crippen molar-refractivity contribution in [2.75, 3.05) is 0 Å². The largest absolute Gasteiger partial charge is 0.330 e. The van der Waals surface area contributed by atoms with E-state index in [-0.39, 0.29) is 0 Å². The van der Waals surface area contributed by atoms with Crippen molar-refractivity contribution in [1.29, 1.82) is 5.26 Å². The van der Waals surface area contributed by atoms with Gasteiger partial charge in [0.15, 0.2) is 4.77 Å². The van der Waals surface area contributed by atoms with Gasteiger partial charge < -0.3 is 4.98 Å². The molecule has 0 saturated carbocycles. The summed E-state index contributed by atoms with van der Waals surface area (Å²) < 4.78 is 2.46. The Labute approximate surface area is 126 Å². The number of imidazole rings is 1. The average molecular weight is 300 g/mol. The molecule has 0 saturated heterocycles. The highest BCUT2D eigenvalue weighted by atomic mass is 35.5. The van der Waals surface area contributed by atoms with E-state index >= 15 is 0 Å². The van der Waals surface area contributed by atoms with Crippen molar-refractivity contribution >= 4 is 34.9 Å². The standard InChI is InChI=1S/C15H10ClN3S/c1-9-2-4-11(7-12(9)16)19-14-6-10(8-17)3-5-13(14)18-15(19)20/h2-7H,1H3,(H,18,20). The van der Waals surface area contributed by atoms with E-state index in [9.17, 15) is 0 Å². The van der Waals surface area contributed by atoms with Crippen molar-refractivity contribution in [2.24, 2.45) is 0 Å². The number of H-pyrrole nitrogens is 1. The van der Waals surface area contributed by atoms with Crippen LogP contribution in [-0.4, -0.2) is 9.55 Å². The van der Waals surface area contributed by atoms with Gasteiger partial charge in [-0.2, -0.15) is 5.26 Å². The highest BCUT2D eigenvalue weighted by molar-refractivity contribution is 7.71. The van der Waals surface area contributed by atoms with Gasteiger partial charge in [-0.25, -0.2) is 0 Å². The van der Waals surface area contributed by atoms with Crippen LogP contribution < -0.4 is 0 Å². The molecule has 5 heteroatoms. The number of nitrogens with one attached hydrogen (secondary N) is 1. The summed E-state index contributed by atoms with van der Waals surface area (Å²) in [4.78, 5) is 3.14. The van der Waals surface area contributed by atoms with E-state index in [0.717, 1.165) is 22.3 Å². The highest BCUT2D eigenvalue weighted by Gasteiger charge is 2.08. The molecular formula is C15H10ClN3S. The van der Waals surface area contributed by atoms with E-state index in [1.54, 1.807) is 6.07 Å². The van der Waals surface area contributed by atoms with Crippen LogP contribution in [0, 0.1) is 23.0 Å². The summed E-state index contributed by atoms with van der Waals surface area (Å²) in [6, 6.07) is 13.4. The zero-order chi connectivity index (χ0) is 14.3. The monoisotopic (exact) mass is 299 g/mol. The Bertz CT molecular complexity index is 915. The molecule has 20 heavy (non-hydrogen) atoms. The first kappa shape index (κ1) is 12.9. The molecule has 2 aromatic carbocycles. The summed E-state index contributed by atoms with van der Waals surface area (Å²) in [5, 5.41) is 9.72. The lowest BCUT2D eigenvalue weighted by Gasteiger charge is -2.06. The number of aromatic amines is 1. The van der Waals surface area contributed by atoms with Crippen LogP contribution in [0.4, 0.5) is 0 Å². The van der Waals surface area contributed by atoms with E-state index in [2.05, 4.69) is 11.1 Å². The number of benzene rings is 2. The van der Waals surface area contributed by atoms with Gasteiger partial charge in [-0.1, -0.05) is 17.7 Å². The normalized spacial score (nSPS) is 10.7. The van der Waals surface area contributed by atoms with Crippen molar-refractivity contribution in [1.82, 2.24) is 9.55 Å². The zero-order valence-electron chi connectivity index (χ0n) is 10.6. The number of fused-ring (bicyclic) bond motifs is 1. The fourth-order valence-electron chi connectivity index (χ4n) is 2.15. The van der Waals surface area contributed by atoms with Crippen LogP contribution in [0.1, 0.15) is 11.1 Å². The van der Waals surface area contributed by atoms with Crippen LogP contribution in [0.2, 0.25) is 5.02 Å². The van der Waals surface area contributed by atoms with Crippen molar-refractivity contribution in [3.05, 3.63) is 57.3 Å². The highest BCUT2D eigenvalue weighted by Crippen LogP contribution is 2.24. The molecule has 0 aliphatic carbocycles. The number of halogens is 1. The molecule has 0 spiro atoms. The van der Waals surface area contributed by atoms with Gasteiger partial charge in [-0.3, -0.25) is 4.57 Å². The molecule has 0 aliphatic rings. The number of nitrogens with zero attached hydrogens (tertiary/aromatic N) is 2. The summed E-state index contributed by atoms with van der Waals surface area (Å²) in [7, 11) is 0. The van der Waals surface area contributed by atoms with Crippen LogP contribution >= 0.6 is 23.8 Å². The third kappa shape index (κ3) is 2.01. The second-order valence-electron chi connectivity index (χ2n) is 4.54. The van der Waals surface area contributed by atoms with Gasteiger partial charge in [0.1, 0.15) is 0 Å². The number of hydrogen-bond donors (Lipinski definition) is 1. The van der Waals surface area contributed by atoms with Crippen molar-refractivity contribution in [3.8, 4) is 11.8 Å². The van der Waals surface area contributed by atoms with Gasteiger partial charge in [-0.05, 0) is 55.0 Å². The smallest absolute Gasteiger partial charge is 0.182 e. The Balaban J connectivity index is 2.35. The van der Waals surface area contributed by atoms with Crippen LogP contribution in [0.25, 0.3) is 16.7 Å². The molecule has 1 N–H and O–H groups in total. The van der Waals surface area contributed by atoms with Crippen LogP contribution in [0.15, 0.2) is 36.4 Å². The van der Waals surface area contributed by atoms with Gasteiger partial charge in [-0.15, -0.1) is 0 Å². The molecule has 0 radical (unpaired) electrons. The minimum atomic E-state index is 0.579. The first-order valence-electron chi connectivity index (χ1n) is 6.01. The first-order chi connectivity index (χ1) is 9.60. The molecule has 0 unspecified atom stereocenters. The fourth-order valence-corrected chi connectivity index (χ4v) is 2.64. The lowest BCUT2D eigenvalue weighted by molar-refractivity contribution is 1.06. The predicted octanol–water partition coefficient (Wildman–Crippen LogP) is 4.52. The molecule has 0 bridgehead atoms. The summed E-state index contributed by atoms with van der Waals surface area (Å²) in [5.41, 5.74) is 4.25. The van der Waals surface area contributed by atoms with Crippen molar-refractivity contribution in [3.63, 3.8) is 0 Å². The maximum atomic E-state index is 9.03. The Morgan fingerprint density at radius 3 is 2.75 bits per heavy atom. The maximum Gasteiger partial charge on any atom is 0.182 e. The van der Waals surface area contributed by atoms with E-state index < -0.39 is 0 Å². The topological polar surface area (TPSA) is 44.5 Å². The number of rotatable bonds is 1. The molecule has 3 rings (SSSR count). The van der Waals surface area contributed by atoms with Gasteiger partial charge in [0.05, 0.1) is 22.7 Å². The predicted molar refractivity (Wildman–Crippen MR) is 82.9 cm³/mol. The van der Waals surface area contributed by atoms with Gasteiger partial charge in [0, 0.05) is 10.7 Å². The molecule has 3 aromatic rings. The lowest BCUT2D eigenvalue weighted by Crippen LogP contribution is -1.94. The second kappa shape index (κ2) is 4.78. The van der Waals surface area contributed by atoms with Crippen LogP contribution in [-0.2, 0) is 0 Å². The third-order valence-electron chi connectivity index (χ3n) is 3.23. The zero-order valence-corrected chi connectivity index (χ0v) is 12.2.